The van der Waals surface area contributed by atoms with Gasteiger partial charge in [-0.05, 0) is 34.9 Å². The minimum absolute atomic E-state index is 0.0668. The van der Waals surface area contributed by atoms with Crippen LogP contribution in [0.1, 0.15) is 28.7 Å². The van der Waals surface area contributed by atoms with Crippen molar-refractivity contribution in [2.75, 3.05) is 12.9 Å². The molecule has 2 unspecified atom stereocenters. The van der Waals surface area contributed by atoms with E-state index in [0.29, 0.717) is 0 Å². The highest BCUT2D eigenvalue weighted by Gasteiger charge is 2.30. The molecule has 0 saturated carbocycles. The zero-order chi connectivity index (χ0) is 18.6. The summed E-state index contributed by atoms with van der Waals surface area (Å²) in [5, 5.41) is 3.28. The van der Waals surface area contributed by atoms with Crippen LogP contribution in [0.2, 0.25) is 0 Å². The highest BCUT2D eigenvalue weighted by Crippen LogP contribution is 2.40. The van der Waals surface area contributed by atoms with Crippen molar-refractivity contribution in [1.82, 2.24) is 5.32 Å². The molecule has 0 bridgehead atoms. The maximum atomic E-state index is 13.1. The van der Waals surface area contributed by atoms with Crippen LogP contribution in [-0.2, 0) is 4.79 Å². The van der Waals surface area contributed by atoms with Crippen molar-refractivity contribution < 1.29 is 9.53 Å². The quantitative estimate of drug-likeness (QED) is 0.697. The number of rotatable bonds is 5. The van der Waals surface area contributed by atoms with Crippen LogP contribution in [0.5, 0.6) is 5.75 Å². The lowest BCUT2D eigenvalue weighted by molar-refractivity contribution is -0.122. The third-order valence-corrected chi connectivity index (χ3v) is 6.07. The summed E-state index contributed by atoms with van der Waals surface area (Å²) in [6.07, 6.45) is 0. The van der Waals surface area contributed by atoms with Gasteiger partial charge >= 0.3 is 0 Å². The number of hydrogen-bond donors (Lipinski definition) is 1. The second-order valence-electron chi connectivity index (χ2n) is 6.53. The highest BCUT2D eigenvalue weighted by molar-refractivity contribution is 7.99. The maximum absolute atomic E-state index is 13.1. The monoisotopic (exact) mass is 375 g/mol. The third-order valence-electron chi connectivity index (χ3n) is 4.89. The van der Waals surface area contributed by atoms with Gasteiger partial charge in [0.1, 0.15) is 5.75 Å². The molecule has 0 fully saturated rings. The summed E-state index contributed by atoms with van der Waals surface area (Å²) in [6.45, 7) is 0. The van der Waals surface area contributed by atoms with Gasteiger partial charge in [0.25, 0.3) is 0 Å². The Morgan fingerprint density at radius 3 is 2.37 bits per heavy atom. The number of fused-ring (bicyclic) bond motifs is 1. The fourth-order valence-electron chi connectivity index (χ4n) is 3.42. The summed E-state index contributed by atoms with van der Waals surface area (Å²) in [5.74, 6) is 1.54. The average Bonchev–Trinajstić information content (AvgIpc) is 3.17. The standard InChI is InChI=1S/C23H21NO2S/c1-26-18-13-11-17(12-14-18)22(16-7-3-2-4-8-16)24-23(25)20-15-27-21-10-6-5-9-19(20)21/h2-14,20,22H,15H2,1H3,(H,24,25). The molecule has 3 aromatic rings. The second kappa shape index (κ2) is 7.89. The average molecular weight is 375 g/mol. The van der Waals surface area contributed by atoms with Crippen LogP contribution < -0.4 is 10.1 Å². The second-order valence-corrected chi connectivity index (χ2v) is 7.59. The minimum atomic E-state index is -0.192. The Morgan fingerprint density at radius 1 is 0.963 bits per heavy atom. The normalized spacial score (nSPS) is 16.4. The van der Waals surface area contributed by atoms with Gasteiger partial charge in [0.05, 0.1) is 19.1 Å². The van der Waals surface area contributed by atoms with E-state index in [2.05, 4.69) is 17.4 Å². The summed E-state index contributed by atoms with van der Waals surface area (Å²) in [6, 6.07) is 25.9. The summed E-state index contributed by atoms with van der Waals surface area (Å²) in [4.78, 5) is 14.3. The number of amides is 1. The molecule has 0 aliphatic carbocycles. The molecule has 3 nitrogen and oxygen atoms in total. The fourth-order valence-corrected chi connectivity index (χ4v) is 4.65. The smallest absolute Gasteiger partial charge is 0.229 e. The topological polar surface area (TPSA) is 38.3 Å². The molecule has 4 heteroatoms. The van der Waals surface area contributed by atoms with E-state index < -0.39 is 0 Å². The molecule has 1 N–H and O–H groups in total. The van der Waals surface area contributed by atoms with E-state index in [9.17, 15) is 4.79 Å². The van der Waals surface area contributed by atoms with Crippen LogP contribution in [0.15, 0.2) is 83.8 Å². The molecule has 0 saturated heterocycles. The Morgan fingerprint density at radius 2 is 1.63 bits per heavy atom. The van der Waals surface area contributed by atoms with Gasteiger partial charge in [-0.3, -0.25) is 4.79 Å². The third kappa shape index (κ3) is 3.71. The molecular formula is C23H21NO2S. The van der Waals surface area contributed by atoms with E-state index in [1.54, 1.807) is 18.9 Å². The highest BCUT2D eigenvalue weighted by atomic mass is 32.2. The van der Waals surface area contributed by atoms with E-state index in [1.165, 1.54) is 4.90 Å². The Labute approximate surface area is 163 Å². The van der Waals surface area contributed by atoms with Crippen molar-refractivity contribution >= 4 is 17.7 Å². The largest absolute Gasteiger partial charge is 0.497 e. The first-order chi connectivity index (χ1) is 13.3. The molecule has 1 amide bonds. The number of ether oxygens (including phenoxy) is 1. The van der Waals surface area contributed by atoms with Gasteiger partial charge in [-0.1, -0.05) is 60.7 Å². The molecule has 2 atom stereocenters. The summed E-state index contributed by atoms with van der Waals surface area (Å²) in [7, 11) is 1.65. The van der Waals surface area contributed by atoms with Crippen molar-refractivity contribution in [2.24, 2.45) is 0 Å². The molecule has 0 spiro atoms. The van der Waals surface area contributed by atoms with Crippen LogP contribution in [-0.4, -0.2) is 18.8 Å². The molecule has 4 rings (SSSR count). The van der Waals surface area contributed by atoms with Crippen LogP contribution >= 0.6 is 11.8 Å². The minimum Gasteiger partial charge on any atom is -0.497 e. The molecule has 0 radical (unpaired) electrons. The predicted octanol–water partition coefficient (Wildman–Crippen LogP) is 4.79. The first kappa shape index (κ1) is 17.7. The molecule has 1 heterocycles. The summed E-state index contributed by atoms with van der Waals surface area (Å²) in [5.41, 5.74) is 3.23. The van der Waals surface area contributed by atoms with Gasteiger partial charge in [0, 0.05) is 10.6 Å². The van der Waals surface area contributed by atoms with Gasteiger partial charge < -0.3 is 10.1 Å². The van der Waals surface area contributed by atoms with Crippen molar-refractivity contribution in [3.63, 3.8) is 0 Å². The Kier molecular flexibility index (Phi) is 5.16. The van der Waals surface area contributed by atoms with E-state index in [4.69, 9.17) is 4.74 Å². The number of methoxy groups -OCH3 is 1. The van der Waals surface area contributed by atoms with E-state index in [1.807, 2.05) is 66.7 Å². The van der Waals surface area contributed by atoms with E-state index >= 15 is 0 Å². The van der Waals surface area contributed by atoms with E-state index in [0.717, 1.165) is 28.2 Å². The zero-order valence-corrected chi connectivity index (χ0v) is 15.9. The number of carbonyl (C=O) groups is 1. The number of benzene rings is 3. The van der Waals surface area contributed by atoms with Gasteiger partial charge in [-0.15, -0.1) is 11.8 Å². The maximum Gasteiger partial charge on any atom is 0.229 e. The van der Waals surface area contributed by atoms with E-state index in [-0.39, 0.29) is 17.9 Å². The van der Waals surface area contributed by atoms with Crippen LogP contribution in [0, 0.1) is 0 Å². The molecular weight excluding hydrogens is 354 g/mol. The first-order valence-corrected chi connectivity index (χ1v) is 9.96. The lowest BCUT2D eigenvalue weighted by Gasteiger charge is -2.22. The number of hydrogen-bond acceptors (Lipinski definition) is 3. The van der Waals surface area contributed by atoms with Gasteiger partial charge in [-0.2, -0.15) is 0 Å². The molecule has 1 aliphatic rings. The SMILES string of the molecule is COc1ccc(C(NC(=O)C2CSc3ccccc32)c2ccccc2)cc1. The Bertz CT molecular complexity index is 925. The van der Waals surface area contributed by atoms with Crippen molar-refractivity contribution in [2.45, 2.75) is 16.9 Å². The lowest BCUT2D eigenvalue weighted by atomic mass is 9.96. The van der Waals surface area contributed by atoms with Crippen molar-refractivity contribution in [3.8, 4) is 5.75 Å². The Balaban J connectivity index is 1.62. The van der Waals surface area contributed by atoms with Crippen molar-refractivity contribution in [1.29, 1.82) is 0 Å². The van der Waals surface area contributed by atoms with Gasteiger partial charge in [0.15, 0.2) is 0 Å². The van der Waals surface area contributed by atoms with Crippen LogP contribution in [0.4, 0.5) is 0 Å². The zero-order valence-electron chi connectivity index (χ0n) is 15.1. The predicted molar refractivity (Wildman–Crippen MR) is 109 cm³/mol. The molecule has 27 heavy (non-hydrogen) atoms. The number of nitrogens with one attached hydrogen (secondary N) is 1. The van der Waals surface area contributed by atoms with Crippen LogP contribution in [0.3, 0.4) is 0 Å². The summed E-state index contributed by atoms with van der Waals surface area (Å²) < 4.78 is 5.27. The Hall–Kier alpha value is -2.72. The number of thioether (sulfide) groups is 1. The van der Waals surface area contributed by atoms with Crippen LogP contribution in [0.25, 0.3) is 0 Å². The fraction of sp³-hybridized carbons (Fsp3) is 0.174. The van der Waals surface area contributed by atoms with Gasteiger partial charge in [0.2, 0.25) is 5.91 Å². The number of carbonyl (C=O) groups excluding carboxylic acids is 1. The lowest BCUT2D eigenvalue weighted by Crippen LogP contribution is -2.33. The van der Waals surface area contributed by atoms with Crippen molar-refractivity contribution in [3.05, 3.63) is 95.6 Å². The molecule has 1 aliphatic heterocycles. The molecule has 0 aromatic heterocycles. The molecule has 136 valence electrons. The van der Waals surface area contributed by atoms with Gasteiger partial charge in [-0.25, -0.2) is 0 Å². The molecule has 3 aromatic carbocycles. The summed E-state index contributed by atoms with van der Waals surface area (Å²) >= 11 is 1.75. The first-order valence-electron chi connectivity index (χ1n) is 8.97.